The van der Waals surface area contributed by atoms with E-state index in [-0.39, 0.29) is 0 Å². The first-order valence-corrected chi connectivity index (χ1v) is 7.04. The van der Waals surface area contributed by atoms with Gasteiger partial charge < -0.3 is 4.90 Å². The molecular formula is C16H21NO. The summed E-state index contributed by atoms with van der Waals surface area (Å²) < 4.78 is 0. The van der Waals surface area contributed by atoms with Gasteiger partial charge in [-0.15, -0.1) is 0 Å². The summed E-state index contributed by atoms with van der Waals surface area (Å²) in [6.07, 6.45) is 5.83. The molecule has 0 saturated carbocycles. The zero-order chi connectivity index (χ0) is 12.5. The highest BCUT2D eigenvalue weighted by atomic mass is 16.1. The number of carbonyl (C=O) groups is 1. The fourth-order valence-corrected chi connectivity index (χ4v) is 3.69. The smallest absolute Gasteiger partial charge is 0.163 e. The number of benzene rings is 1. The molecule has 0 spiro atoms. The highest BCUT2D eigenvalue weighted by molar-refractivity contribution is 5.96. The molecule has 2 nitrogen and oxygen atoms in total. The largest absolute Gasteiger partial charge is 0.300 e. The molecule has 2 atom stereocenters. The van der Waals surface area contributed by atoms with Gasteiger partial charge >= 0.3 is 0 Å². The predicted molar refractivity (Wildman–Crippen MR) is 72.7 cm³/mol. The Bertz CT molecular complexity index is 414. The van der Waals surface area contributed by atoms with Gasteiger partial charge in [0, 0.05) is 24.1 Å². The van der Waals surface area contributed by atoms with Crippen LogP contribution in [0, 0.1) is 5.92 Å². The number of hydrogen-bond donors (Lipinski definition) is 0. The van der Waals surface area contributed by atoms with Crippen molar-refractivity contribution in [2.24, 2.45) is 5.92 Å². The first-order chi connectivity index (χ1) is 8.74. The van der Waals surface area contributed by atoms with E-state index in [0.717, 1.165) is 24.1 Å². The van der Waals surface area contributed by atoms with Crippen molar-refractivity contribution in [1.29, 1.82) is 0 Å². The average Bonchev–Trinajstić information content (AvgIpc) is 2.63. The molecule has 2 heteroatoms. The third kappa shape index (κ3) is 2.22. The molecule has 96 valence electrons. The number of rotatable bonds is 3. The summed E-state index contributed by atoms with van der Waals surface area (Å²) in [6.45, 7) is 0. The molecule has 18 heavy (non-hydrogen) atoms. The van der Waals surface area contributed by atoms with E-state index in [1.54, 1.807) is 0 Å². The van der Waals surface area contributed by atoms with Crippen LogP contribution < -0.4 is 0 Å². The van der Waals surface area contributed by atoms with Crippen LogP contribution in [-0.4, -0.2) is 29.8 Å². The van der Waals surface area contributed by atoms with Crippen LogP contribution in [0.5, 0.6) is 0 Å². The van der Waals surface area contributed by atoms with Crippen molar-refractivity contribution in [2.75, 3.05) is 7.05 Å². The molecule has 0 aromatic heterocycles. The van der Waals surface area contributed by atoms with Gasteiger partial charge in [-0.2, -0.15) is 0 Å². The Morgan fingerprint density at radius 1 is 1.17 bits per heavy atom. The Morgan fingerprint density at radius 3 is 2.39 bits per heavy atom. The first kappa shape index (κ1) is 11.9. The third-order valence-corrected chi connectivity index (χ3v) is 4.77. The normalized spacial score (nSPS) is 31.5. The summed E-state index contributed by atoms with van der Waals surface area (Å²) in [4.78, 5) is 14.7. The molecule has 0 N–H and O–H groups in total. The topological polar surface area (TPSA) is 20.3 Å². The van der Waals surface area contributed by atoms with Gasteiger partial charge in [0.05, 0.1) is 0 Å². The fourth-order valence-electron chi connectivity index (χ4n) is 3.69. The lowest BCUT2D eigenvalue weighted by Crippen LogP contribution is -2.40. The summed E-state index contributed by atoms with van der Waals surface area (Å²) in [7, 11) is 2.25. The standard InChI is InChI=1S/C16H21NO/c1-17-14-7-8-15(17)10-12(9-14)11-16(18)13-5-3-2-4-6-13/h2-6,12,14-15H,7-11H2,1H3. The summed E-state index contributed by atoms with van der Waals surface area (Å²) in [6, 6.07) is 11.2. The van der Waals surface area contributed by atoms with E-state index >= 15 is 0 Å². The average molecular weight is 243 g/mol. The monoisotopic (exact) mass is 243 g/mol. The minimum atomic E-state index is 0.324. The van der Waals surface area contributed by atoms with Crippen LogP contribution in [0.1, 0.15) is 42.5 Å². The number of hydrogen-bond acceptors (Lipinski definition) is 2. The van der Waals surface area contributed by atoms with E-state index in [2.05, 4.69) is 11.9 Å². The van der Waals surface area contributed by atoms with Crippen molar-refractivity contribution in [1.82, 2.24) is 4.90 Å². The Morgan fingerprint density at radius 2 is 1.78 bits per heavy atom. The Hall–Kier alpha value is -1.15. The molecule has 2 saturated heterocycles. The Labute approximate surface area is 109 Å². The Kier molecular flexibility index (Phi) is 3.21. The molecule has 2 aliphatic rings. The van der Waals surface area contributed by atoms with Crippen molar-refractivity contribution >= 4 is 5.78 Å². The van der Waals surface area contributed by atoms with Crippen LogP contribution in [0.25, 0.3) is 0 Å². The second-order valence-corrected chi connectivity index (χ2v) is 5.88. The van der Waals surface area contributed by atoms with E-state index in [1.807, 2.05) is 30.3 Å². The van der Waals surface area contributed by atoms with E-state index in [4.69, 9.17) is 0 Å². The SMILES string of the molecule is CN1C2CCC1CC(CC(=O)c1ccccc1)C2. The van der Waals surface area contributed by atoms with Gasteiger partial charge in [-0.1, -0.05) is 30.3 Å². The van der Waals surface area contributed by atoms with E-state index in [0.29, 0.717) is 11.7 Å². The fraction of sp³-hybridized carbons (Fsp3) is 0.562. The maximum Gasteiger partial charge on any atom is 0.163 e. The minimum absolute atomic E-state index is 0.324. The number of carbonyl (C=O) groups excluding carboxylic acids is 1. The molecule has 0 radical (unpaired) electrons. The van der Waals surface area contributed by atoms with Crippen LogP contribution >= 0.6 is 0 Å². The molecule has 2 unspecified atom stereocenters. The molecule has 3 rings (SSSR count). The highest BCUT2D eigenvalue weighted by Crippen LogP contribution is 2.38. The van der Waals surface area contributed by atoms with E-state index < -0.39 is 0 Å². The maximum atomic E-state index is 12.2. The molecule has 2 fully saturated rings. The van der Waals surface area contributed by atoms with Crippen molar-refractivity contribution in [3.63, 3.8) is 0 Å². The van der Waals surface area contributed by atoms with E-state index in [9.17, 15) is 4.79 Å². The summed E-state index contributed by atoms with van der Waals surface area (Å²) in [5, 5.41) is 0. The number of Topliss-reactive ketones (excluding diaryl/α,β-unsaturated/α-hetero) is 1. The zero-order valence-corrected chi connectivity index (χ0v) is 11.0. The molecule has 0 amide bonds. The van der Waals surface area contributed by atoms with Crippen LogP contribution in [-0.2, 0) is 0 Å². The second-order valence-electron chi connectivity index (χ2n) is 5.88. The van der Waals surface area contributed by atoms with Gasteiger partial charge in [0.25, 0.3) is 0 Å². The first-order valence-electron chi connectivity index (χ1n) is 7.04. The zero-order valence-electron chi connectivity index (χ0n) is 11.0. The minimum Gasteiger partial charge on any atom is -0.300 e. The molecule has 2 heterocycles. The molecule has 2 aliphatic heterocycles. The van der Waals surface area contributed by atoms with Crippen LogP contribution in [0.15, 0.2) is 30.3 Å². The predicted octanol–water partition coefficient (Wildman–Crippen LogP) is 3.13. The maximum absolute atomic E-state index is 12.2. The van der Waals surface area contributed by atoms with Crippen LogP contribution in [0.3, 0.4) is 0 Å². The number of fused-ring (bicyclic) bond motifs is 2. The van der Waals surface area contributed by atoms with Gasteiger partial charge in [0.15, 0.2) is 5.78 Å². The Balaban J connectivity index is 1.63. The van der Waals surface area contributed by atoms with Crippen LogP contribution in [0.4, 0.5) is 0 Å². The molecule has 2 bridgehead atoms. The lowest BCUT2D eigenvalue weighted by atomic mass is 9.86. The number of piperidine rings is 1. The van der Waals surface area contributed by atoms with Gasteiger partial charge in [0.1, 0.15) is 0 Å². The van der Waals surface area contributed by atoms with Crippen molar-refractivity contribution < 1.29 is 4.79 Å². The third-order valence-electron chi connectivity index (χ3n) is 4.77. The van der Waals surface area contributed by atoms with Gasteiger partial charge in [-0.3, -0.25) is 4.79 Å². The molecule has 1 aromatic carbocycles. The summed E-state index contributed by atoms with van der Waals surface area (Å²) in [5.41, 5.74) is 0.878. The quantitative estimate of drug-likeness (QED) is 0.760. The molecular weight excluding hydrogens is 222 g/mol. The van der Waals surface area contributed by atoms with Crippen molar-refractivity contribution in [3.8, 4) is 0 Å². The molecule has 1 aromatic rings. The van der Waals surface area contributed by atoms with Crippen molar-refractivity contribution in [2.45, 2.75) is 44.2 Å². The lowest BCUT2D eigenvalue weighted by molar-refractivity contribution is 0.0882. The number of ketones is 1. The number of nitrogens with zero attached hydrogens (tertiary/aromatic N) is 1. The second kappa shape index (κ2) is 4.85. The lowest BCUT2D eigenvalue weighted by Gasteiger charge is -2.36. The van der Waals surface area contributed by atoms with E-state index in [1.165, 1.54) is 25.7 Å². The van der Waals surface area contributed by atoms with Gasteiger partial charge in [-0.25, -0.2) is 0 Å². The van der Waals surface area contributed by atoms with Gasteiger partial charge in [-0.05, 0) is 38.6 Å². The summed E-state index contributed by atoms with van der Waals surface area (Å²) >= 11 is 0. The highest BCUT2D eigenvalue weighted by Gasteiger charge is 2.38. The molecule has 0 aliphatic carbocycles. The summed E-state index contributed by atoms with van der Waals surface area (Å²) in [5.74, 6) is 0.927. The van der Waals surface area contributed by atoms with Gasteiger partial charge in [0.2, 0.25) is 0 Å². The van der Waals surface area contributed by atoms with Crippen LogP contribution in [0.2, 0.25) is 0 Å². The van der Waals surface area contributed by atoms with Crippen molar-refractivity contribution in [3.05, 3.63) is 35.9 Å².